The molecule has 11 heteroatoms. The van der Waals surface area contributed by atoms with Crippen LogP contribution >= 0.6 is 0 Å². The third-order valence-corrected chi connectivity index (χ3v) is 7.62. The minimum absolute atomic E-state index is 0.140. The first-order valence-corrected chi connectivity index (χ1v) is 14.5. The molecule has 1 aliphatic heterocycles. The van der Waals surface area contributed by atoms with Gasteiger partial charge in [0, 0.05) is 30.7 Å². The molecule has 0 unspecified atom stereocenters. The van der Waals surface area contributed by atoms with Gasteiger partial charge in [0.25, 0.3) is 0 Å². The molecule has 1 aliphatic rings. The summed E-state index contributed by atoms with van der Waals surface area (Å²) in [7, 11) is 0. The van der Waals surface area contributed by atoms with Crippen LogP contribution in [0.25, 0.3) is 16.6 Å². The molecule has 42 heavy (non-hydrogen) atoms. The van der Waals surface area contributed by atoms with Gasteiger partial charge in [0.05, 0.1) is 28.3 Å². The predicted octanol–water partition coefficient (Wildman–Crippen LogP) is 6.13. The standard InChI is InChI=1S/C31H36N6O5/c1-4-34(5-2)20-26-27(31(38)41-6-3)24-19-23(15-16-25(24)36(26)22-13-9-7-10-14-22)42-30-28(37(39)40)29(32-21-33-30)35-17-11-8-12-18-35/h7,9-10,13-16,19,21H,4-6,8,11-12,17-18,20H2,1-3H3. The molecule has 2 aromatic heterocycles. The molecule has 0 aliphatic carbocycles. The van der Waals surface area contributed by atoms with Crippen LogP contribution in [0.5, 0.6) is 11.6 Å². The number of nitro groups is 1. The van der Waals surface area contributed by atoms with E-state index in [-0.39, 0.29) is 24.0 Å². The SMILES string of the molecule is CCOC(=O)c1c(CN(CC)CC)n(-c2ccccc2)c2ccc(Oc3ncnc(N4CCCCC4)c3[N+](=O)[O-])cc12. The molecular formula is C31H36N6O5. The maximum atomic E-state index is 13.5. The van der Waals surface area contributed by atoms with E-state index in [0.29, 0.717) is 36.3 Å². The van der Waals surface area contributed by atoms with Crippen molar-refractivity contribution in [2.45, 2.75) is 46.6 Å². The summed E-state index contributed by atoms with van der Waals surface area (Å²) in [5.74, 6) is 0.00382. The van der Waals surface area contributed by atoms with Gasteiger partial charge in [-0.2, -0.15) is 4.98 Å². The summed E-state index contributed by atoms with van der Waals surface area (Å²) in [5, 5.41) is 12.8. The lowest BCUT2D eigenvalue weighted by Gasteiger charge is -2.27. The second-order valence-corrected chi connectivity index (χ2v) is 10.1. The Kier molecular flexibility index (Phi) is 8.97. The van der Waals surface area contributed by atoms with Gasteiger partial charge >= 0.3 is 17.5 Å². The fourth-order valence-corrected chi connectivity index (χ4v) is 5.54. The average molecular weight is 573 g/mol. The first kappa shape index (κ1) is 29.0. The number of benzene rings is 2. The monoisotopic (exact) mass is 572 g/mol. The summed E-state index contributed by atoms with van der Waals surface area (Å²) in [6, 6.07) is 15.2. The quantitative estimate of drug-likeness (QED) is 0.119. The first-order chi connectivity index (χ1) is 20.5. The zero-order valence-electron chi connectivity index (χ0n) is 24.3. The summed E-state index contributed by atoms with van der Waals surface area (Å²) in [5.41, 5.74) is 2.68. The van der Waals surface area contributed by atoms with Gasteiger partial charge in [-0.3, -0.25) is 15.0 Å². The molecule has 1 saturated heterocycles. The molecule has 0 radical (unpaired) electrons. The Bertz CT molecular complexity index is 1560. The zero-order valence-corrected chi connectivity index (χ0v) is 24.3. The van der Waals surface area contributed by atoms with Crippen LogP contribution < -0.4 is 9.64 Å². The van der Waals surface area contributed by atoms with Crippen molar-refractivity contribution in [1.29, 1.82) is 0 Å². The Hall–Kier alpha value is -4.51. The van der Waals surface area contributed by atoms with Crippen LogP contribution in [0.3, 0.4) is 0 Å². The molecule has 220 valence electrons. The molecule has 11 nitrogen and oxygen atoms in total. The summed E-state index contributed by atoms with van der Waals surface area (Å²) in [6.45, 7) is 9.69. The van der Waals surface area contributed by atoms with Gasteiger partial charge in [-0.15, -0.1) is 0 Å². The normalized spacial score (nSPS) is 13.5. The smallest absolute Gasteiger partial charge is 0.373 e. The van der Waals surface area contributed by atoms with E-state index in [0.717, 1.165) is 49.2 Å². The van der Waals surface area contributed by atoms with Crippen molar-refractivity contribution in [3.63, 3.8) is 0 Å². The average Bonchev–Trinajstić information content (AvgIpc) is 3.33. The predicted molar refractivity (Wildman–Crippen MR) is 161 cm³/mol. The van der Waals surface area contributed by atoms with E-state index in [1.165, 1.54) is 6.33 Å². The van der Waals surface area contributed by atoms with E-state index >= 15 is 0 Å². The number of ether oxygens (including phenoxy) is 2. The molecule has 2 aromatic carbocycles. The van der Waals surface area contributed by atoms with E-state index in [1.54, 1.807) is 19.1 Å². The van der Waals surface area contributed by atoms with Crippen LogP contribution in [0.1, 0.15) is 56.1 Å². The van der Waals surface area contributed by atoms with Crippen molar-refractivity contribution in [2.75, 3.05) is 37.7 Å². The number of anilines is 1. The largest absolute Gasteiger partial charge is 0.462 e. The van der Waals surface area contributed by atoms with E-state index in [1.807, 2.05) is 41.3 Å². The maximum Gasteiger partial charge on any atom is 0.373 e. The second-order valence-electron chi connectivity index (χ2n) is 10.1. The van der Waals surface area contributed by atoms with Crippen molar-refractivity contribution in [3.8, 4) is 17.3 Å². The van der Waals surface area contributed by atoms with Gasteiger partial charge in [-0.1, -0.05) is 32.0 Å². The van der Waals surface area contributed by atoms with Gasteiger partial charge < -0.3 is 18.9 Å². The third kappa shape index (κ3) is 5.78. The highest BCUT2D eigenvalue weighted by molar-refractivity contribution is 6.07. The summed E-state index contributed by atoms with van der Waals surface area (Å²) < 4.78 is 13.7. The maximum absolute atomic E-state index is 13.5. The Morgan fingerprint density at radius 3 is 2.43 bits per heavy atom. The van der Waals surface area contributed by atoms with Gasteiger partial charge in [-0.05, 0) is 69.6 Å². The van der Waals surface area contributed by atoms with E-state index in [9.17, 15) is 14.9 Å². The van der Waals surface area contributed by atoms with Crippen LogP contribution in [0, 0.1) is 10.1 Å². The Morgan fingerprint density at radius 1 is 1.02 bits per heavy atom. The van der Waals surface area contributed by atoms with Gasteiger partial charge in [0.1, 0.15) is 12.1 Å². The molecule has 0 amide bonds. The number of carbonyl (C=O) groups excluding carboxylic acids is 1. The van der Waals surface area contributed by atoms with Crippen LogP contribution in [-0.2, 0) is 11.3 Å². The molecule has 0 atom stereocenters. The lowest BCUT2D eigenvalue weighted by Crippen LogP contribution is -2.30. The highest BCUT2D eigenvalue weighted by Crippen LogP contribution is 2.39. The van der Waals surface area contributed by atoms with E-state index in [2.05, 4.69) is 33.3 Å². The number of fused-ring (bicyclic) bond motifs is 1. The summed E-state index contributed by atoms with van der Waals surface area (Å²) in [6.07, 6.45) is 4.26. The number of esters is 1. The zero-order chi connectivity index (χ0) is 29.6. The van der Waals surface area contributed by atoms with E-state index in [4.69, 9.17) is 9.47 Å². The van der Waals surface area contributed by atoms with Gasteiger partial charge in [-0.25, -0.2) is 9.78 Å². The topological polar surface area (TPSA) is 116 Å². The molecule has 0 N–H and O–H groups in total. The van der Waals surface area contributed by atoms with Crippen molar-refractivity contribution < 1.29 is 19.2 Å². The van der Waals surface area contributed by atoms with Crippen LogP contribution in [-0.4, -0.2) is 63.1 Å². The molecule has 5 rings (SSSR count). The van der Waals surface area contributed by atoms with E-state index < -0.39 is 10.9 Å². The summed E-state index contributed by atoms with van der Waals surface area (Å²) in [4.78, 5) is 37.8. The minimum atomic E-state index is -0.490. The highest BCUT2D eigenvalue weighted by atomic mass is 16.6. The van der Waals surface area contributed by atoms with Crippen LogP contribution in [0.4, 0.5) is 11.5 Å². The molecule has 1 fully saturated rings. The molecule has 3 heterocycles. The van der Waals surface area contributed by atoms with Gasteiger partial charge in [0.2, 0.25) is 5.82 Å². The fraction of sp³-hybridized carbons (Fsp3) is 0.387. The number of hydrogen-bond donors (Lipinski definition) is 0. The highest BCUT2D eigenvalue weighted by Gasteiger charge is 2.30. The molecule has 4 aromatic rings. The van der Waals surface area contributed by atoms with Crippen molar-refractivity contribution in [2.24, 2.45) is 0 Å². The molecular weight excluding hydrogens is 536 g/mol. The second kappa shape index (κ2) is 13.0. The van der Waals surface area contributed by atoms with Crippen LogP contribution in [0.15, 0.2) is 54.9 Å². The summed E-state index contributed by atoms with van der Waals surface area (Å²) >= 11 is 0. The molecule has 0 bridgehead atoms. The Morgan fingerprint density at radius 2 is 1.76 bits per heavy atom. The third-order valence-electron chi connectivity index (χ3n) is 7.62. The Balaban J connectivity index is 1.66. The van der Waals surface area contributed by atoms with Crippen LogP contribution in [0.2, 0.25) is 0 Å². The Labute approximate surface area is 244 Å². The number of nitrogens with zero attached hydrogens (tertiary/aromatic N) is 6. The number of hydrogen-bond acceptors (Lipinski definition) is 9. The lowest BCUT2D eigenvalue weighted by atomic mass is 10.1. The molecule has 0 saturated carbocycles. The van der Waals surface area contributed by atoms with Crippen molar-refractivity contribution in [3.05, 3.63) is 76.2 Å². The number of carbonyl (C=O) groups is 1. The fourth-order valence-electron chi connectivity index (χ4n) is 5.54. The molecule has 0 spiro atoms. The number of aromatic nitrogens is 3. The minimum Gasteiger partial charge on any atom is -0.462 e. The first-order valence-electron chi connectivity index (χ1n) is 14.5. The van der Waals surface area contributed by atoms with Crippen molar-refractivity contribution >= 4 is 28.4 Å². The number of piperidine rings is 1. The van der Waals surface area contributed by atoms with Gasteiger partial charge in [0.15, 0.2) is 0 Å². The lowest BCUT2D eigenvalue weighted by molar-refractivity contribution is -0.385. The number of para-hydroxylation sites is 1. The van der Waals surface area contributed by atoms with Crippen molar-refractivity contribution in [1.82, 2.24) is 19.4 Å². The number of rotatable bonds is 11.